The van der Waals surface area contributed by atoms with E-state index in [1.54, 1.807) is 25.3 Å². The third kappa shape index (κ3) is 8.44. The maximum absolute atomic E-state index is 12.5. The quantitative estimate of drug-likeness (QED) is 0.471. The lowest BCUT2D eigenvalue weighted by Crippen LogP contribution is -2.46. The van der Waals surface area contributed by atoms with Crippen LogP contribution >= 0.6 is 0 Å². The predicted octanol–water partition coefficient (Wildman–Crippen LogP) is 3.58. The van der Waals surface area contributed by atoms with Gasteiger partial charge in [0.25, 0.3) is 5.91 Å². The molecular weight excluding hydrogens is 450 g/mol. The topological polar surface area (TPSA) is 123 Å². The minimum atomic E-state index is -0.779. The van der Waals surface area contributed by atoms with Crippen LogP contribution in [-0.2, 0) is 20.7 Å². The molecule has 0 atom stereocenters. The zero-order valence-corrected chi connectivity index (χ0v) is 19.8. The largest absolute Gasteiger partial charge is 0.497 e. The van der Waals surface area contributed by atoms with E-state index in [0.717, 1.165) is 43.4 Å². The SMILES string of the molecule is COc1ccc(CCC(=O)Nc2ccccc2C(=O)OCC(=O)NC(=O)NC2CCCCC2)cc1. The van der Waals surface area contributed by atoms with E-state index >= 15 is 0 Å². The van der Waals surface area contributed by atoms with Gasteiger partial charge in [0.05, 0.1) is 18.4 Å². The van der Waals surface area contributed by atoms with Gasteiger partial charge in [0.1, 0.15) is 5.75 Å². The summed E-state index contributed by atoms with van der Waals surface area (Å²) in [6.45, 7) is -0.614. The van der Waals surface area contributed by atoms with Gasteiger partial charge in [-0.2, -0.15) is 0 Å². The van der Waals surface area contributed by atoms with Crippen LogP contribution in [0.4, 0.5) is 10.5 Å². The Morgan fingerprint density at radius 1 is 0.914 bits per heavy atom. The number of nitrogens with one attached hydrogen (secondary N) is 3. The number of carbonyl (C=O) groups is 4. The van der Waals surface area contributed by atoms with E-state index in [0.29, 0.717) is 6.42 Å². The molecule has 1 aliphatic rings. The van der Waals surface area contributed by atoms with E-state index in [2.05, 4.69) is 16.0 Å². The maximum Gasteiger partial charge on any atom is 0.340 e. The van der Waals surface area contributed by atoms with Gasteiger partial charge >= 0.3 is 12.0 Å². The Morgan fingerprint density at radius 2 is 1.63 bits per heavy atom. The van der Waals surface area contributed by atoms with Gasteiger partial charge in [0.2, 0.25) is 5.91 Å². The molecule has 2 aromatic carbocycles. The first-order valence-corrected chi connectivity index (χ1v) is 11.7. The third-order valence-electron chi connectivity index (χ3n) is 5.75. The van der Waals surface area contributed by atoms with Gasteiger partial charge < -0.3 is 20.1 Å². The molecule has 3 rings (SSSR count). The zero-order valence-electron chi connectivity index (χ0n) is 19.8. The molecule has 35 heavy (non-hydrogen) atoms. The van der Waals surface area contributed by atoms with Crippen LogP contribution in [0.5, 0.6) is 5.75 Å². The first kappa shape index (κ1) is 25.7. The van der Waals surface area contributed by atoms with Crippen molar-refractivity contribution >= 4 is 29.5 Å². The molecule has 0 heterocycles. The fourth-order valence-corrected chi connectivity index (χ4v) is 3.87. The average molecular weight is 482 g/mol. The number of hydrogen-bond donors (Lipinski definition) is 3. The van der Waals surface area contributed by atoms with Crippen LogP contribution in [0.15, 0.2) is 48.5 Å². The maximum atomic E-state index is 12.5. The van der Waals surface area contributed by atoms with Crippen molar-refractivity contribution in [3.05, 3.63) is 59.7 Å². The van der Waals surface area contributed by atoms with Gasteiger partial charge in [0, 0.05) is 12.5 Å². The molecule has 0 saturated heterocycles. The van der Waals surface area contributed by atoms with Crippen molar-refractivity contribution in [1.29, 1.82) is 0 Å². The Morgan fingerprint density at radius 3 is 2.34 bits per heavy atom. The molecule has 0 radical (unpaired) electrons. The molecule has 1 fully saturated rings. The van der Waals surface area contributed by atoms with Gasteiger partial charge in [-0.1, -0.05) is 43.5 Å². The first-order valence-electron chi connectivity index (χ1n) is 11.7. The highest BCUT2D eigenvalue weighted by atomic mass is 16.5. The number of imide groups is 1. The van der Waals surface area contributed by atoms with Crippen molar-refractivity contribution in [2.75, 3.05) is 19.0 Å². The number of methoxy groups -OCH3 is 1. The average Bonchev–Trinajstić information content (AvgIpc) is 2.87. The normalized spacial score (nSPS) is 13.4. The number of carbonyl (C=O) groups excluding carboxylic acids is 4. The molecule has 0 bridgehead atoms. The number of amides is 4. The molecule has 0 spiro atoms. The number of anilines is 1. The summed E-state index contributed by atoms with van der Waals surface area (Å²) in [7, 11) is 1.59. The summed E-state index contributed by atoms with van der Waals surface area (Å²) in [5, 5.41) is 7.66. The van der Waals surface area contributed by atoms with E-state index in [4.69, 9.17) is 9.47 Å². The number of ether oxygens (including phenoxy) is 2. The monoisotopic (exact) mass is 481 g/mol. The van der Waals surface area contributed by atoms with Crippen LogP contribution in [-0.4, -0.2) is 43.6 Å². The number of rotatable bonds is 9. The molecule has 1 aliphatic carbocycles. The van der Waals surface area contributed by atoms with Gasteiger partial charge in [-0.25, -0.2) is 9.59 Å². The van der Waals surface area contributed by atoms with Crippen LogP contribution < -0.4 is 20.7 Å². The van der Waals surface area contributed by atoms with E-state index in [9.17, 15) is 19.2 Å². The lowest BCUT2D eigenvalue weighted by Gasteiger charge is -2.22. The van der Waals surface area contributed by atoms with Gasteiger partial charge in [-0.3, -0.25) is 14.9 Å². The second-order valence-corrected chi connectivity index (χ2v) is 8.37. The molecule has 0 aromatic heterocycles. The summed E-state index contributed by atoms with van der Waals surface area (Å²) < 4.78 is 10.2. The molecule has 2 aromatic rings. The number of hydrogen-bond acceptors (Lipinski definition) is 6. The molecule has 0 aliphatic heterocycles. The van der Waals surface area contributed by atoms with E-state index < -0.39 is 24.5 Å². The van der Waals surface area contributed by atoms with E-state index in [1.807, 2.05) is 24.3 Å². The van der Waals surface area contributed by atoms with Crippen molar-refractivity contribution in [1.82, 2.24) is 10.6 Å². The molecule has 4 amide bonds. The van der Waals surface area contributed by atoms with Crippen LogP contribution in [0.1, 0.15) is 54.4 Å². The van der Waals surface area contributed by atoms with Crippen LogP contribution in [0.3, 0.4) is 0 Å². The van der Waals surface area contributed by atoms with Crippen LogP contribution in [0.25, 0.3) is 0 Å². The molecule has 3 N–H and O–H groups in total. The molecule has 186 valence electrons. The van der Waals surface area contributed by atoms with Gasteiger partial charge in [-0.05, 0) is 49.1 Å². The third-order valence-corrected chi connectivity index (χ3v) is 5.75. The Labute approximate surface area is 204 Å². The summed E-state index contributed by atoms with van der Waals surface area (Å²) in [6.07, 6.45) is 5.76. The molecule has 0 unspecified atom stereocenters. The lowest BCUT2D eigenvalue weighted by atomic mass is 9.96. The van der Waals surface area contributed by atoms with Crippen molar-refractivity contribution < 1.29 is 28.7 Å². The Bertz CT molecular complexity index is 1030. The highest BCUT2D eigenvalue weighted by Crippen LogP contribution is 2.18. The highest BCUT2D eigenvalue weighted by molar-refractivity contribution is 6.02. The van der Waals surface area contributed by atoms with Crippen LogP contribution in [0.2, 0.25) is 0 Å². The fraction of sp³-hybridized carbons (Fsp3) is 0.385. The minimum Gasteiger partial charge on any atom is -0.497 e. The van der Waals surface area contributed by atoms with Gasteiger partial charge in [-0.15, -0.1) is 0 Å². The van der Waals surface area contributed by atoms with Crippen LogP contribution in [0, 0.1) is 0 Å². The number of urea groups is 1. The Kier molecular flexibility index (Phi) is 9.65. The lowest BCUT2D eigenvalue weighted by molar-refractivity contribution is -0.123. The molecule has 9 nitrogen and oxygen atoms in total. The minimum absolute atomic E-state index is 0.0549. The number of aryl methyl sites for hydroxylation is 1. The highest BCUT2D eigenvalue weighted by Gasteiger charge is 2.19. The molecular formula is C26H31N3O6. The zero-order chi connectivity index (χ0) is 25.0. The summed E-state index contributed by atoms with van der Waals surface area (Å²) >= 11 is 0. The second-order valence-electron chi connectivity index (χ2n) is 8.37. The summed E-state index contributed by atoms with van der Waals surface area (Å²) in [5.41, 5.74) is 1.38. The smallest absolute Gasteiger partial charge is 0.340 e. The molecule has 1 saturated carbocycles. The van der Waals surface area contributed by atoms with Crippen molar-refractivity contribution in [2.45, 2.75) is 51.0 Å². The summed E-state index contributed by atoms with van der Waals surface area (Å²) in [6, 6.07) is 13.3. The number of esters is 1. The molecule has 9 heteroatoms. The second kappa shape index (κ2) is 13.1. The summed E-state index contributed by atoms with van der Waals surface area (Å²) in [4.78, 5) is 49.0. The van der Waals surface area contributed by atoms with E-state index in [1.165, 1.54) is 6.07 Å². The first-order chi connectivity index (χ1) is 16.9. The Balaban J connectivity index is 1.46. The van der Waals surface area contributed by atoms with E-state index in [-0.39, 0.29) is 29.6 Å². The van der Waals surface area contributed by atoms with Crippen molar-refractivity contribution in [2.24, 2.45) is 0 Å². The summed E-state index contributed by atoms with van der Waals surface area (Å²) in [5.74, 6) is -1.03. The van der Waals surface area contributed by atoms with Crippen molar-refractivity contribution in [3.8, 4) is 5.75 Å². The van der Waals surface area contributed by atoms with Crippen molar-refractivity contribution in [3.63, 3.8) is 0 Å². The number of para-hydroxylation sites is 1. The fourth-order valence-electron chi connectivity index (χ4n) is 3.87. The standard InChI is InChI=1S/C26H31N3O6/c1-34-20-14-11-18(12-15-20)13-16-23(30)28-22-10-6-5-9-21(22)25(32)35-17-24(31)29-26(33)27-19-7-3-2-4-8-19/h5-6,9-12,14-15,19H,2-4,7-8,13,16-17H2,1H3,(H,28,30)(H2,27,29,31,33). The van der Waals surface area contributed by atoms with Gasteiger partial charge in [0.15, 0.2) is 6.61 Å². The Hall–Kier alpha value is -3.88. The number of benzene rings is 2. The predicted molar refractivity (Wildman–Crippen MR) is 130 cm³/mol.